The molecule has 2 saturated heterocycles. The van der Waals surface area contributed by atoms with Gasteiger partial charge in [0, 0.05) is 37.6 Å². The number of carboxylic acid groups (broad SMARTS) is 1. The van der Waals surface area contributed by atoms with Crippen LogP contribution < -0.4 is 10.6 Å². The summed E-state index contributed by atoms with van der Waals surface area (Å²) in [6.45, 7) is 0.689. The predicted molar refractivity (Wildman–Crippen MR) is 143 cm³/mol. The molecule has 16 heteroatoms. The monoisotopic (exact) mass is 598 g/mol. The first-order valence-electron chi connectivity index (χ1n) is 12.7. The first-order chi connectivity index (χ1) is 20.0. The highest BCUT2D eigenvalue weighted by atomic mass is 32.2. The molecule has 2 unspecified atom stereocenters. The third-order valence-corrected chi connectivity index (χ3v) is 8.01. The van der Waals surface area contributed by atoms with Gasteiger partial charge in [0.15, 0.2) is 0 Å². The average molecular weight is 599 g/mol. The Morgan fingerprint density at radius 3 is 2.48 bits per heavy atom. The Morgan fingerprint density at radius 2 is 1.83 bits per heavy atom. The number of nitrogens with zero attached hydrogens (tertiary/aromatic N) is 4. The Labute approximate surface area is 243 Å². The quantitative estimate of drug-likeness (QED) is 0.260. The van der Waals surface area contributed by atoms with Crippen LogP contribution in [0, 0.1) is 11.3 Å². The van der Waals surface area contributed by atoms with Crippen LogP contribution in [0.15, 0.2) is 41.6 Å². The fraction of sp³-hybridized carbons (Fsp3) is 0.385. The lowest BCUT2D eigenvalue weighted by Crippen LogP contribution is -2.71. The number of urea groups is 2. The standard InChI is InChI=1S/C26H26N6O9S/c1-14(33)41-12-16-13-42-23-19(22(36)32(23)20(16)24(37)38)28-21(35)18(15-6-3-2-4-7-15)29-25(39)31-11-10-30(26(31)40)17(34)8-5-9-27/h2-4,6-7,18-19,23H,5,8,10-13H2,1H3,(H,28,35)(H,29,39)(H,37,38)/t18?,19?,23-/m0/s1. The van der Waals surface area contributed by atoms with Gasteiger partial charge in [-0.2, -0.15) is 5.26 Å². The van der Waals surface area contributed by atoms with Crippen molar-refractivity contribution >= 4 is 53.5 Å². The summed E-state index contributed by atoms with van der Waals surface area (Å²) >= 11 is 1.18. The van der Waals surface area contributed by atoms with Crippen LogP contribution in [0.2, 0.25) is 0 Å². The van der Waals surface area contributed by atoms with Gasteiger partial charge in [-0.25, -0.2) is 19.3 Å². The molecule has 0 radical (unpaired) electrons. The van der Waals surface area contributed by atoms with Crippen molar-refractivity contribution < 1.29 is 43.4 Å². The van der Waals surface area contributed by atoms with Gasteiger partial charge in [-0.3, -0.25) is 29.0 Å². The van der Waals surface area contributed by atoms with E-state index in [1.807, 2.05) is 6.07 Å². The molecule has 0 aromatic heterocycles. The van der Waals surface area contributed by atoms with Crippen molar-refractivity contribution in [2.45, 2.75) is 37.2 Å². The maximum Gasteiger partial charge on any atom is 0.352 e. The molecule has 220 valence electrons. The number of benzene rings is 1. The van der Waals surface area contributed by atoms with Crippen molar-refractivity contribution in [2.75, 3.05) is 25.4 Å². The van der Waals surface area contributed by atoms with Crippen molar-refractivity contribution in [2.24, 2.45) is 0 Å². The minimum Gasteiger partial charge on any atom is -0.477 e. The zero-order valence-electron chi connectivity index (χ0n) is 22.3. The average Bonchev–Trinajstić information content (AvgIpc) is 3.37. The van der Waals surface area contributed by atoms with Crippen molar-refractivity contribution in [3.8, 4) is 6.07 Å². The molecule has 0 saturated carbocycles. The summed E-state index contributed by atoms with van der Waals surface area (Å²) in [6, 6.07) is 5.59. The number of hydrogen-bond donors (Lipinski definition) is 3. The van der Waals surface area contributed by atoms with Crippen LogP contribution in [0.4, 0.5) is 9.59 Å². The number of rotatable bonds is 9. The van der Waals surface area contributed by atoms with E-state index >= 15 is 0 Å². The fourth-order valence-corrected chi connectivity index (χ4v) is 5.95. The molecule has 0 bridgehead atoms. The van der Waals surface area contributed by atoms with Crippen molar-refractivity contribution in [3.63, 3.8) is 0 Å². The van der Waals surface area contributed by atoms with Crippen LogP contribution in [0.3, 0.4) is 0 Å². The summed E-state index contributed by atoms with van der Waals surface area (Å²) in [7, 11) is 0. The number of nitriles is 1. The summed E-state index contributed by atoms with van der Waals surface area (Å²) in [6.07, 6.45) is -0.263. The van der Waals surface area contributed by atoms with Crippen molar-refractivity contribution in [1.29, 1.82) is 5.26 Å². The second-order valence-corrected chi connectivity index (χ2v) is 10.5. The summed E-state index contributed by atoms with van der Waals surface area (Å²) in [5, 5.41) is 22.7. The van der Waals surface area contributed by atoms with Gasteiger partial charge in [0.05, 0.1) is 12.6 Å². The second kappa shape index (κ2) is 12.7. The van der Waals surface area contributed by atoms with Crippen molar-refractivity contribution in [3.05, 3.63) is 47.2 Å². The van der Waals surface area contributed by atoms with Crippen LogP contribution in [-0.2, 0) is 28.7 Å². The molecule has 0 spiro atoms. The zero-order chi connectivity index (χ0) is 30.6. The van der Waals surface area contributed by atoms with Gasteiger partial charge in [0.2, 0.25) is 11.8 Å². The Morgan fingerprint density at radius 1 is 1.14 bits per heavy atom. The minimum atomic E-state index is -1.38. The molecular formula is C26H26N6O9S. The van der Waals surface area contributed by atoms with E-state index in [1.54, 1.807) is 30.3 Å². The molecule has 3 aliphatic heterocycles. The van der Waals surface area contributed by atoms with Crippen LogP contribution in [-0.4, -0.2) is 98.4 Å². The number of imide groups is 2. The molecule has 4 rings (SSSR count). The van der Waals surface area contributed by atoms with E-state index in [4.69, 9.17) is 10.00 Å². The fourth-order valence-electron chi connectivity index (χ4n) is 4.62. The Hall–Kier alpha value is -4.91. The minimum absolute atomic E-state index is 0.0666. The van der Waals surface area contributed by atoms with Crippen LogP contribution in [0.1, 0.15) is 31.4 Å². The van der Waals surface area contributed by atoms with E-state index < -0.39 is 59.2 Å². The number of aliphatic carboxylic acids is 1. The van der Waals surface area contributed by atoms with Crippen LogP contribution in [0.5, 0.6) is 0 Å². The van der Waals surface area contributed by atoms with E-state index in [2.05, 4.69) is 10.6 Å². The summed E-state index contributed by atoms with van der Waals surface area (Å²) < 4.78 is 4.92. The number of ether oxygens (including phenoxy) is 1. The number of carboxylic acids is 1. The predicted octanol–water partition coefficient (Wildman–Crippen LogP) is 0.307. The second-order valence-electron chi connectivity index (χ2n) is 9.36. The highest BCUT2D eigenvalue weighted by Crippen LogP contribution is 2.40. The number of amides is 7. The lowest BCUT2D eigenvalue weighted by atomic mass is 10.0. The third-order valence-electron chi connectivity index (χ3n) is 6.67. The number of esters is 1. The first kappa shape index (κ1) is 30.1. The van der Waals surface area contributed by atoms with Crippen LogP contribution >= 0.6 is 11.8 Å². The van der Waals surface area contributed by atoms with E-state index in [-0.39, 0.29) is 49.6 Å². The first-order valence-corrected chi connectivity index (χ1v) is 13.8. The van der Waals surface area contributed by atoms with Gasteiger partial charge in [-0.15, -0.1) is 11.8 Å². The number of thioether (sulfide) groups is 1. The molecule has 3 aliphatic rings. The Kier molecular flexibility index (Phi) is 9.11. The summed E-state index contributed by atoms with van der Waals surface area (Å²) in [5.41, 5.74) is 0.262. The lowest BCUT2D eigenvalue weighted by molar-refractivity contribution is -0.151. The third kappa shape index (κ3) is 6.05. The van der Waals surface area contributed by atoms with Gasteiger partial charge in [-0.05, 0) is 5.56 Å². The Bertz CT molecular complexity index is 1410. The SMILES string of the molecule is CC(=O)OCC1=C(C(=O)O)N2C(=O)C(NC(=O)C(NC(=O)N3CCN(C(=O)CCC#N)C3=O)c3ccccc3)[C@@H]2SC1. The van der Waals surface area contributed by atoms with Crippen molar-refractivity contribution in [1.82, 2.24) is 25.3 Å². The number of hydrogen-bond acceptors (Lipinski definition) is 10. The number of carbonyl (C=O) groups is 7. The van der Waals surface area contributed by atoms with E-state index in [9.17, 15) is 38.7 Å². The molecule has 1 aromatic rings. The summed E-state index contributed by atoms with van der Waals surface area (Å²) in [4.78, 5) is 90.3. The smallest absolute Gasteiger partial charge is 0.352 e. The van der Waals surface area contributed by atoms with Gasteiger partial charge < -0.3 is 20.5 Å². The number of fused-ring (bicyclic) bond motifs is 1. The zero-order valence-corrected chi connectivity index (χ0v) is 23.1. The maximum atomic E-state index is 13.5. The van der Waals surface area contributed by atoms with E-state index in [1.165, 1.54) is 18.7 Å². The summed E-state index contributed by atoms with van der Waals surface area (Å²) in [5.74, 6) is -3.94. The number of carbonyl (C=O) groups excluding carboxylic acids is 6. The molecule has 42 heavy (non-hydrogen) atoms. The van der Waals surface area contributed by atoms with Gasteiger partial charge >= 0.3 is 24.0 Å². The molecular weight excluding hydrogens is 572 g/mol. The van der Waals surface area contributed by atoms with E-state index in [0.29, 0.717) is 5.56 Å². The Balaban J connectivity index is 1.48. The largest absolute Gasteiger partial charge is 0.477 e. The van der Waals surface area contributed by atoms with E-state index in [0.717, 1.165) is 14.7 Å². The highest BCUT2D eigenvalue weighted by molar-refractivity contribution is 8.00. The number of β-lactam (4-membered cyclic amide) rings is 1. The molecule has 3 N–H and O–H groups in total. The maximum absolute atomic E-state index is 13.5. The molecule has 3 atom stereocenters. The topological polar surface area (TPSA) is 207 Å². The molecule has 1 aromatic carbocycles. The highest BCUT2D eigenvalue weighted by Gasteiger charge is 2.54. The molecule has 0 aliphatic carbocycles. The molecule has 15 nitrogen and oxygen atoms in total. The van der Waals surface area contributed by atoms with Crippen LogP contribution in [0.25, 0.3) is 0 Å². The van der Waals surface area contributed by atoms with Gasteiger partial charge in [-0.1, -0.05) is 30.3 Å². The molecule has 3 heterocycles. The molecule has 7 amide bonds. The molecule has 2 fully saturated rings. The lowest BCUT2D eigenvalue weighted by Gasteiger charge is -2.49. The van der Waals surface area contributed by atoms with Gasteiger partial charge in [0.1, 0.15) is 29.8 Å². The normalized spacial score (nSPS) is 20.2. The number of nitrogens with one attached hydrogen (secondary N) is 2. The van der Waals surface area contributed by atoms with Gasteiger partial charge in [0.25, 0.3) is 5.91 Å².